The zero-order valence-electron chi connectivity index (χ0n) is 13.4. The van der Waals surface area contributed by atoms with Crippen LogP contribution in [0.15, 0.2) is 40.2 Å². The van der Waals surface area contributed by atoms with Crippen LogP contribution < -0.4 is 11.0 Å². The number of benzene rings is 1. The van der Waals surface area contributed by atoms with E-state index in [4.69, 9.17) is 12.2 Å². The van der Waals surface area contributed by atoms with Crippen molar-refractivity contribution < 1.29 is 9.90 Å². The summed E-state index contributed by atoms with van der Waals surface area (Å²) in [7, 11) is 0. The van der Waals surface area contributed by atoms with Crippen molar-refractivity contribution in [3.63, 3.8) is 0 Å². The van der Waals surface area contributed by atoms with Gasteiger partial charge in [0.1, 0.15) is 5.56 Å². The number of hydrogen-bond donors (Lipinski definition) is 2. The first-order valence-electron chi connectivity index (χ1n) is 7.46. The number of carbonyl (C=O) groups excluding carboxylic acids is 1. The molecule has 0 fully saturated rings. The van der Waals surface area contributed by atoms with Gasteiger partial charge in [-0.1, -0.05) is 18.2 Å². The van der Waals surface area contributed by atoms with Crippen LogP contribution in [-0.4, -0.2) is 26.4 Å². The third-order valence-electron chi connectivity index (χ3n) is 3.46. The summed E-state index contributed by atoms with van der Waals surface area (Å²) in [5.41, 5.74) is 2.28. The molecule has 2 aromatic rings. The first kappa shape index (κ1) is 17.6. The zero-order valence-corrected chi connectivity index (χ0v) is 14.2. The summed E-state index contributed by atoms with van der Waals surface area (Å²) in [4.78, 5) is 24.3. The molecule has 0 spiro atoms. The largest absolute Gasteiger partial charge is 0.494 e. The molecule has 2 rings (SSSR count). The Morgan fingerprint density at radius 2 is 1.88 bits per heavy atom. The molecule has 24 heavy (non-hydrogen) atoms. The van der Waals surface area contributed by atoms with Crippen molar-refractivity contribution in [2.24, 2.45) is 5.10 Å². The third-order valence-corrected chi connectivity index (χ3v) is 3.90. The average Bonchev–Trinajstić information content (AvgIpc) is 2.59. The summed E-state index contributed by atoms with van der Waals surface area (Å²) in [6.07, 6.45) is 1.13. The van der Waals surface area contributed by atoms with Crippen molar-refractivity contribution in [1.29, 1.82) is 0 Å². The quantitative estimate of drug-likeness (QED) is 0.492. The molecule has 2 N–H and O–H groups in total. The molecule has 8 heteroatoms. The molecule has 0 radical (unpaired) electrons. The second-order valence-corrected chi connectivity index (χ2v) is 5.24. The highest BCUT2D eigenvalue weighted by Gasteiger charge is 2.14. The van der Waals surface area contributed by atoms with E-state index in [1.807, 2.05) is 0 Å². The summed E-state index contributed by atoms with van der Waals surface area (Å²) in [5, 5.41) is 14.0. The monoisotopic (exact) mass is 346 g/mol. The van der Waals surface area contributed by atoms with Crippen LogP contribution in [0, 0.1) is 4.77 Å². The van der Waals surface area contributed by atoms with Gasteiger partial charge in [0.25, 0.3) is 11.5 Å². The summed E-state index contributed by atoms with van der Waals surface area (Å²) in [5.74, 6) is -0.680. The van der Waals surface area contributed by atoms with Gasteiger partial charge in [-0.3, -0.25) is 18.7 Å². The number of aromatic hydroxyl groups is 1. The van der Waals surface area contributed by atoms with Gasteiger partial charge in [-0.2, -0.15) is 5.10 Å². The highest BCUT2D eigenvalue weighted by Crippen LogP contribution is 2.12. The van der Waals surface area contributed by atoms with E-state index in [0.29, 0.717) is 18.7 Å². The summed E-state index contributed by atoms with van der Waals surface area (Å²) >= 11 is 5.19. The lowest BCUT2D eigenvalue weighted by molar-refractivity contribution is 0.0955. The van der Waals surface area contributed by atoms with Crippen molar-refractivity contribution in [1.82, 2.24) is 14.6 Å². The Balaban J connectivity index is 2.34. The second-order valence-electron chi connectivity index (χ2n) is 4.88. The van der Waals surface area contributed by atoms with E-state index >= 15 is 0 Å². The minimum Gasteiger partial charge on any atom is -0.494 e. The Morgan fingerprint density at radius 1 is 1.25 bits per heavy atom. The molecule has 0 saturated heterocycles. The van der Waals surface area contributed by atoms with Gasteiger partial charge in [-0.25, -0.2) is 5.43 Å². The topological polar surface area (TPSA) is 88.6 Å². The van der Waals surface area contributed by atoms with E-state index in [1.165, 1.54) is 9.13 Å². The summed E-state index contributed by atoms with van der Waals surface area (Å²) in [6.45, 7) is 4.36. The lowest BCUT2D eigenvalue weighted by Gasteiger charge is -2.13. The Morgan fingerprint density at radius 3 is 2.46 bits per heavy atom. The van der Waals surface area contributed by atoms with Crippen LogP contribution in [0.5, 0.6) is 5.88 Å². The molecule has 0 atom stereocenters. The van der Waals surface area contributed by atoms with Crippen molar-refractivity contribution in [3.8, 4) is 5.88 Å². The lowest BCUT2D eigenvalue weighted by atomic mass is 10.2. The van der Waals surface area contributed by atoms with Gasteiger partial charge >= 0.3 is 0 Å². The van der Waals surface area contributed by atoms with Gasteiger partial charge in [-0.15, -0.1) is 0 Å². The molecule has 1 aromatic heterocycles. The second kappa shape index (κ2) is 7.69. The molecule has 0 bridgehead atoms. The van der Waals surface area contributed by atoms with Crippen LogP contribution in [0.25, 0.3) is 0 Å². The molecule has 1 heterocycles. The van der Waals surface area contributed by atoms with Crippen molar-refractivity contribution in [3.05, 3.63) is 56.6 Å². The van der Waals surface area contributed by atoms with Gasteiger partial charge in [0.15, 0.2) is 4.77 Å². The molecule has 1 amide bonds. The third kappa shape index (κ3) is 3.43. The van der Waals surface area contributed by atoms with Crippen molar-refractivity contribution >= 4 is 24.3 Å². The number of nitrogens with one attached hydrogen (secondary N) is 1. The Hall–Kier alpha value is -2.74. The maximum atomic E-state index is 12.4. The average molecular weight is 346 g/mol. The fourth-order valence-corrected chi connectivity index (χ4v) is 2.62. The van der Waals surface area contributed by atoms with Gasteiger partial charge in [0, 0.05) is 18.7 Å². The zero-order chi connectivity index (χ0) is 17.7. The van der Waals surface area contributed by atoms with Gasteiger partial charge in [0.2, 0.25) is 5.88 Å². The fourth-order valence-electron chi connectivity index (χ4n) is 2.20. The SMILES string of the molecule is CCn1c(O)c(/C=N/NC(=O)c2ccccc2)c(=O)n(CC)c1=S. The maximum absolute atomic E-state index is 12.4. The standard InChI is InChI=1S/C16H18N4O3S/c1-3-19-14(22)12(15(23)20(4-2)16(19)24)10-17-18-13(21)11-8-6-5-7-9-11/h5-10,22H,3-4H2,1-2H3,(H,18,21)/b17-10+. The van der Waals surface area contributed by atoms with Gasteiger partial charge in [0.05, 0.1) is 6.21 Å². The minimum absolute atomic E-state index is 0.0272. The maximum Gasteiger partial charge on any atom is 0.271 e. The van der Waals surface area contributed by atoms with E-state index in [9.17, 15) is 14.7 Å². The molecule has 0 aliphatic rings. The Labute approximate surface area is 143 Å². The van der Waals surface area contributed by atoms with Crippen molar-refractivity contribution in [2.45, 2.75) is 26.9 Å². The molecule has 7 nitrogen and oxygen atoms in total. The van der Waals surface area contributed by atoms with Crippen LogP contribution in [0.2, 0.25) is 0 Å². The normalized spacial score (nSPS) is 10.9. The number of carbonyl (C=O) groups is 1. The van der Waals surface area contributed by atoms with Crippen LogP contribution in [0.3, 0.4) is 0 Å². The molecule has 126 valence electrons. The number of rotatable bonds is 5. The first-order valence-corrected chi connectivity index (χ1v) is 7.87. The lowest BCUT2D eigenvalue weighted by Crippen LogP contribution is -2.28. The van der Waals surface area contributed by atoms with E-state index in [0.717, 1.165) is 6.21 Å². The predicted octanol–water partition coefficient (Wildman–Crippen LogP) is 1.89. The number of aromatic nitrogens is 2. The number of hydrazone groups is 1. The van der Waals surface area contributed by atoms with Crippen LogP contribution in [0.1, 0.15) is 29.8 Å². The van der Waals surface area contributed by atoms with E-state index in [1.54, 1.807) is 44.2 Å². The smallest absolute Gasteiger partial charge is 0.271 e. The number of nitrogens with zero attached hydrogens (tertiary/aromatic N) is 3. The molecule has 0 saturated carbocycles. The van der Waals surface area contributed by atoms with E-state index < -0.39 is 11.5 Å². The Bertz CT molecular complexity index is 885. The molecular formula is C16H18N4O3S. The van der Waals surface area contributed by atoms with Crippen LogP contribution in [-0.2, 0) is 13.1 Å². The van der Waals surface area contributed by atoms with E-state index in [2.05, 4.69) is 10.5 Å². The van der Waals surface area contributed by atoms with E-state index in [-0.39, 0.29) is 16.2 Å². The fraction of sp³-hybridized carbons (Fsp3) is 0.250. The predicted molar refractivity (Wildman–Crippen MR) is 94.0 cm³/mol. The first-order chi connectivity index (χ1) is 11.5. The van der Waals surface area contributed by atoms with Gasteiger partial charge < -0.3 is 5.11 Å². The molecule has 1 aromatic carbocycles. The van der Waals surface area contributed by atoms with Crippen LogP contribution >= 0.6 is 12.2 Å². The Kier molecular flexibility index (Phi) is 5.64. The van der Waals surface area contributed by atoms with Crippen LogP contribution in [0.4, 0.5) is 0 Å². The summed E-state index contributed by atoms with van der Waals surface area (Å²) < 4.78 is 3.03. The van der Waals surface area contributed by atoms with Gasteiger partial charge in [-0.05, 0) is 38.2 Å². The molecule has 0 aliphatic heterocycles. The number of amides is 1. The molecular weight excluding hydrogens is 328 g/mol. The molecule has 0 unspecified atom stereocenters. The number of hydrogen-bond acceptors (Lipinski definition) is 5. The van der Waals surface area contributed by atoms with Crippen molar-refractivity contribution in [2.75, 3.05) is 0 Å². The minimum atomic E-state index is -0.456. The summed E-state index contributed by atoms with van der Waals surface area (Å²) in [6, 6.07) is 8.55. The molecule has 0 aliphatic carbocycles. The highest BCUT2D eigenvalue weighted by atomic mass is 32.1. The highest BCUT2D eigenvalue weighted by molar-refractivity contribution is 7.71.